The molecule has 1 rings (SSSR count). The molecule has 0 spiro atoms. The minimum absolute atomic E-state index is 0.205. The lowest BCUT2D eigenvalue weighted by Crippen LogP contribution is -2.36. The third-order valence-corrected chi connectivity index (χ3v) is 2.62. The van der Waals surface area contributed by atoms with Crippen molar-refractivity contribution < 1.29 is 4.79 Å². The molecule has 0 aromatic rings. The molecule has 2 heteroatoms. The molecule has 0 radical (unpaired) electrons. The number of amides is 1. The van der Waals surface area contributed by atoms with E-state index in [1.54, 1.807) is 6.92 Å². The van der Waals surface area contributed by atoms with Crippen LogP contribution in [0.5, 0.6) is 0 Å². The molecule has 1 amide bonds. The Hall–Kier alpha value is -0.530. The molecule has 0 atom stereocenters. The average Bonchev–Trinajstić information content (AvgIpc) is 2.34. The number of hydrogen-bond acceptors (Lipinski definition) is 1. The lowest BCUT2D eigenvalue weighted by Gasteiger charge is -2.30. The van der Waals surface area contributed by atoms with Crippen molar-refractivity contribution in [3.63, 3.8) is 0 Å². The van der Waals surface area contributed by atoms with Gasteiger partial charge in [0.15, 0.2) is 0 Å². The van der Waals surface area contributed by atoms with Crippen molar-refractivity contribution in [2.75, 3.05) is 7.05 Å². The van der Waals surface area contributed by atoms with E-state index in [0.717, 1.165) is 0 Å². The van der Waals surface area contributed by atoms with Gasteiger partial charge >= 0.3 is 0 Å². The Morgan fingerprint density at radius 2 is 1.40 bits per heavy atom. The minimum atomic E-state index is 0.205. The molecule has 0 bridgehead atoms. The zero-order valence-electron chi connectivity index (χ0n) is 11.5. The van der Waals surface area contributed by atoms with E-state index < -0.39 is 0 Å². The normalized spacial score (nSPS) is 15.3. The van der Waals surface area contributed by atoms with Crippen LogP contribution in [0.4, 0.5) is 0 Å². The summed E-state index contributed by atoms with van der Waals surface area (Å²) in [6, 6.07) is 0.529. The van der Waals surface area contributed by atoms with E-state index in [2.05, 4.69) is 0 Å². The van der Waals surface area contributed by atoms with Gasteiger partial charge in [-0.1, -0.05) is 47.0 Å². The second-order valence-corrected chi connectivity index (χ2v) is 3.42. The molecule has 0 saturated heterocycles. The van der Waals surface area contributed by atoms with Gasteiger partial charge in [0.1, 0.15) is 0 Å². The fourth-order valence-electron chi connectivity index (χ4n) is 1.73. The number of hydrogen-bond donors (Lipinski definition) is 0. The highest BCUT2D eigenvalue weighted by Crippen LogP contribution is 2.21. The van der Waals surface area contributed by atoms with Crippen molar-refractivity contribution in [1.29, 1.82) is 0 Å². The molecule has 1 aliphatic rings. The Labute approximate surface area is 96.0 Å². The lowest BCUT2D eigenvalue weighted by molar-refractivity contribution is -0.130. The van der Waals surface area contributed by atoms with Crippen LogP contribution in [0, 0.1) is 0 Å². The average molecular weight is 215 g/mol. The summed E-state index contributed by atoms with van der Waals surface area (Å²) in [4.78, 5) is 12.9. The standard InChI is InChI=1S/C9H17NO.2C2H6/c1-8(11)10(2)9-6-4-3-5-7-9;2*1-2/h9H,3-7H2,1-2H3;2*1-2H3. The minimum Gasteiger partial charge on any atom is -0.343 e. The van der Waals surface area contributed by atoms with Crippen LogP contribution in [-0.2, 0) is 4.79 Å². The van der Waals surface area contributed by atoms with Gasteiger partial charge in [-0.3, -0.25) is 4.79 Å². The van der Waals surface area contributed by atoms with E-state index in [1.165, 1.54) is 32.1 Å². The molecule has 1 aliphatic carbocycles. The fraction of sp³-hybridized carbons (Fsp3) is 0.923. The summed E-state index contributed by atoms with van der Waals surface area (Å²) >= 11 is 0. The maximum atomic E-state index is 11.0. The van der Waals surface area contributed by atoms with Crippen LogP contribution in [0.15, 0.2) is 0 Å². The van der Waals surface area contributed by atoms with E-state index in [-0.39, 0.29) is 5.91 Å². The Morgan fingerprint density at radius 1 is 1.00 bits per heavy atom. The third kappa shape index (κ3) is 7.40. The van der Waals surface area contributed by atoms with Gasteiger partial charge < -0.3 is 4.90 Å². The van der Waals surface area contributed by atoms with Gasteiger partial charge in [-0.15, -0.1) is 0 Å². The van der Waals surface area contributed by atoms with Crippen molar-refractivity contribution in [3.05, 3.63) is 0 Å². The van der Waals surface area contributed by atoms with Gasteiger partial charge in [0, 0.05) is 20.0 Å². The van der Waals surface area contributed by atoms with E-state index in [4.69, 9.17) is 0 Å². The second kappa shape index (κ2) is 11.5. The van der Waals surface area contributed by atoms with Gasteiger partial charge in [0.05, 0.1) is 0 Å². The van der Waals surface area contributed by atoms with E-state index in [1.807, 2.05) is 39.6 Å². The van der Waals surface area contributed by atoms with Gasteiger partial charge in [0.25, 0.3) is 0 Å². The summed E-state index contributed by atoms with van der Waals surface area (Å²) < 4.78 is 0. The van der Waals surface area contributed by atoms with Crippen LogP contribution >= 0.6 is 0 Å². The summed E-state index contributed by atoms with van der Waals surface area (Å²) in [5.74, 6) is 0.205. The monoisotopic (exact) mass is 215 g/mol. The van der Waals surface area contributed by atoms with Crippen LogP contribution in [0.2, 0.25) is 0 Å². The Bertz CT molecular complexity index is 139. The topological polar surface area (TPSA) is 20.3 Å². The summed E-state index contributed by atoms with van der Waals surface area (Å²) in [5, 5.41) is 0. The van der Waals surface area contributed by atoms with Crippen LogP contribution in [0.1, 0.15) is 66.7 Å². The number of carbonyl (C=O) groups excluding carboxylic acids is 1. The maximum absolute atomic E-state index is 11.0. The van der Waals surface area contributed by atoms with Crippen molar-refractivity contribution >= 4 is 5.91 Å². The molecule has 0 aromatic heterocycles. The van der Waals surface area contributed by atoms with Crippen molar-refractivity contribution in [2.24, 2.45) is 0 Å². The predicted molar refractivity (Wildman–Crippen MR) is 68.0 cm³/mol. The van der Waals surface area contributed by atoms with Crippen LogP contribution in [0.25, 0.3) is 0 Å². The zero-order valence-corrected chi connectivity index (χ0v) is 11.5. The molecule has 0 aliphatic heterocycles. The van der Waals surface area contributed by atoms with Crippen molar-refractivity contribution in [3.8, 4) is 0 Å². The largest absolute Gasteiger partial charge is 0.343 e. The molecule has 2 nitrogen and oxygen atoms in total. The molecular formula is C13H29NO. The van der Waals surface area contributed by atoms with Crippen LogP contribution in [0.3, 0.4) is 0 Å². The van der Waals surface area contributed by atoms with Gasteiger partial charge in [-0.2, -0.15) is 0 Å². The second-order valence-electron chi connectivity index (χ2n) is 3.42. The predicted octanol–water partition coefficient (Wildman–Crippen LogP) is 3.85. The molecule has 1 fully saturated rings. The van der Waals surface area contributed by atoms with Crippen LogP contribution < -0.4 is 0 Å². The number of carbonyl (C=O) groups is 1. The quantitative estimate of drug-likeness (QED) is 0.650. The number of rotatable bonds is 1. The molecule has 0 unspecified atom stereocenters. The molecule has 0 N–H and O–H groups in total. The fourth-order valence-corrected chi connectivity index (χ4v) is 1.73. The highest BCUT2D eigenvalue weighted by molar-refractivity contribution is 5.73. The van der Waals surface area contributed by atoms with Gasteiger partial charge in [0.2, 0.25) is 5.91 Å². The molecule has 0 aromatic carbocycles. The SMILES string of the molecule is CC.CC.CC(=O)N(C)C1CCCCC1. The van der Waals surface area contributed by atoms with Gasteiger partial charge in [-0.25, -0.2) is 0 Å². The maximum Gasteiger partial charge on any atom is 0.219 e. The summed E-state index contributed by atoms with van der Waals surface area (Å²) in [7, 11) is 1.92. The number of nitrogens with zero attached hydrogens (tertiary/aromatic N) is 1. The van der Waals surface area contributed by atoms with Crippen LogP contribution in [-0.4, -0.2) is 23.9 Å². The lowest BCUT2D eigenvalue weighted by atomic mass is 9.94. The third-order valence-electron chi connectivity index (χ3n) is 2.62. The highest BCUT2D eigenvalue weighted by atomic mass is 16.2. The summed E-state index contributed by atoms with van der Waals surface area (Å²) in [6.07, 6.45) is 6.35. The molecule has 15 heavy (non-hydrogen) atoms. The molecule has 92 valence electrons. The first-order valence-corrected chi connectivity index (χ1v) is 6.45. The summed E-state index contributed by atoms with van der Waals surface area (Å²) in [5.41, 5.74) is 0. The van der Waals surface area contributed by atoms with Crippen molar-refractivity contribution in [1.82, 2.24) is 4.90 Å². The van der Waals surface area contributed by atoms with E-state index in [0.29, 0.717) is 6.04 Å². The van der Waals surface area contributed by atoms with Gasteiger partial charge in [-0.05, 0) is 12.8 Å². The first-order valence-electron chi connectivity index (χ1n) is 6.45. The first kappa shape index (κ1) is 16.9. The zero-order chi connectivity index (χ0) is 12.3. The molecule has 1 saturated carbocycles. The summed E-state index contributed by atoms with van der Waals surface area (Å²) in [6.45, 7) is 9.65. The molecular weight excluding hydrogens is 186 g/mol. The van der Waals surface area contributed by atoms with E-state index >= 15 is 0 Å². The smallest absolute Gasteiger partial charge is 0.219 e. The first-order chi connectivity index (χ1) is 7.22. The van der Waals surface area contributed by atoms with Crippen molar-refractivity contribution in [2.45, 2.75) is 72.8 Å². The Balaban J connectivity index is 0. The van der Waals surface area contributed by atoms with E-state index in [9.17, 15) is 4.79 Å². The Kier molecular flexibility index (Phi) is 13.0. The highest BCUT2D eigenvalue weighted by Gasteiger charge is 2.18. The molecule has 0 heterocycles. The Morgan fingerprint density at radius 3 is 1.73 bits per heavy atom.